The van der Waals surface area contributed by atoms with Gasteiger partial charge in [0.1, 0.15) is 0 Å². The molecule has 1 aliphatic heterocycles. The van der Waals surface area contributed by atoms with Gasteiger partial charge in [0.2, 0.25) is 0 Å². The Balaban J connectivity index is 1.76. The highest BCUT2D eigenvalue weighted by atomic mass is 79.9. The Morgan fingerprint density at radius 1 is 1.44 bits per heavy atom. The van der Waals surface area contributed by atoms with E-state index in [1.807, 2.05) is 12.1 Å². The van der Waals surface area contributed by atoms with E-state index in [1.54, 1.807) is 11.3 Å². The van der Waals surface area contributed by atoms with Gasteiger partial charge < -0.3 is 4.74 Å². The average Bonchev–Trinajstić information content (AvgIpc) is 3.01. The lowest BCUT2D eigenvalue weighted by Gasteiger charge is -2.03. The van der Waals surface area contributed by atoms with E-state index in [9.17, 15) is 0 Å². The smallest absolute Gasteiger partial charge is 0.0936 e. The molecule has 0 bridgehead atoms. The Hall–Kier alpha value is -0.710. The van der Waals surface area contributed by atoms with E-state index < -0.39 is 0 Å². The van der Waals surface area contributed by atoms with Gasteiger partial charge in [0.15, 0.2) is 0 Å². The van der Waals surface area contributed by atoms with Crippen LogP contribution in [-0.2, 0) is 11.2 Å². The van der Waals surface area contributed by atoms with E-state index >= 15 is 0 Å². The zero-order valence-corrected chi connectivity index (χ0v) is 12.3. The van der Waals surface area contributed by atoms with E-state index in [0.717, 1.165) is 29.8 Å². The summed E-state index contributed by atoms with van der Waals surface area (Å²) in [5.41, 5.74) is 2.25. The van der Waals surface area contributed by atoms with Crippen molar-refractivity contribution in [3.63, 3.8) is 0 Å². The van der Waals surface area contributed by atoms with Gasteiger partial charge in [0.25, 0.3) is 0 Å². The number of aromatic nitrogens is 1. The minimum absolute atomic E-state index is 0.659. The summed E-state index contributed by atoms with van der Waals surface area (Å²) in [6.07, 6.45) is 2.23. The molecule has 94 valence electrons. The van der Waals surface area contributed by atoms with Crippen molar-refractivity contribution in [2.75, 3.05) is 13.2 Å². The molecule has 0 saturated carbocycles. The molecule has 0 amide bonds. The number of thiazole rings is 1. The summed E-state index contributed by atoms with van der Waals surface area (Å²) in [7, 11) is 0. The Bertz CT molecular complexity index is 534. The minimum Gasteiger partial charge on any atom is -0.381 e. The Morgan fingerprint density at radius 3 is 3.17 bits per heavy atom. The molecule has 1 saturated heterocycles. The molecule has 2 heterocycles. The predicted octanol–water partition coefficient (Wildman–Crippen LogP) is 4.15. The van der Waals surface area contributed by atoms with E-state index in [1.165, 1.54) is 17.0 Å². The van der Waals surface area contributed by atoms with Crippen molar-refractivity contribution in [2.45, 2.75) is 12.8 Å². The lowest BCUT2D eigenvalue weighted by molar-refractivity contribution is 0.186. The van der Waals surface area contributed by atoms with Gasteiger partial charge in [-0.15, -0.1) is 11.3 Å². The van der Waals surface area contributed by atoms with Gasteiger partial charge in [-0.25, -0.2) is 4.98 Å². The SMILES string of the molecule is Brc1cccc(-c2csc(CC3CCOC3)n2)c1. The van der Waals surface area contributed by atoms with Crippen LogP contribution in [0.15, 0.2) is 34.1 Å². The fourth-order valence-corrected chi connectivity index (χ4v) is 3.49. The summed E-state index contributed by atoms with van der Waals surface area (Å²) < 4.78 is 6.50. The summed E-state index contributed by atoms with van der Waals surface area (Å²) >= 11 is 5.25. The van der Waals surface area contributed by atoms with Crippen LogP contribution in [0.2, 0.25) is 0 Å². The van der Waals surface area contributed by atoms with Gasteiger partial charge in [-0.3, -0.25) is 0 Å². The fourth-order valence-electron chi connectivity index (χ4n) is 2.18. The first-order valence-electron chi connectivity index (χ1n) is 6.09. The number of hydrogen-bond donors (Lipinski definition) is 0. The largest absolute Gasteiger partial charge is 0.381 e. The number of halogens is 1. The van der Waals surface area contributed by atoms with Crippen LogP contribution in [0.1, 0.15) is 11.4 Å². The van der Waals surface area contributed by atoms with Crippen LogP contribution < -0.4 is 0 Å². The lowest BCUT2D eigenvalue weighted by Crippen LogP contribution is -2.02. The summed E-state index contributed by atoms with van der Waals surface area (Å²) in [5, 5.41) is 3.37. The summed E-state index contributed by atoms with van der Waals surface area (Å²) in [4.78, 5) is 4.73. The maximum Gasteiger partial charge on any atom is 0.0936 e. The molecule has 18 heavy (non-hydrogen) atoms. The zero-order valence-electron chi connectivity index (χ0n) is 9.93. The maximum atomic E-state index is 5.41. The highest BCUT2D eigenvalue weighted by molar-refractivity contribution is 9.10. The second-order valence-corrected chi connectivity index (χ2v) is 6.43. The van der Waals surface area contributed by atoms with E-state index in [2.05, 4.69) is 33.4 Å². The maximum absolute atomic E-state index is 5.41. The molecule has 4 heteroatoms. The van der Waals surface area contributed by atoms with Gasteiger partial charge in [-0.05, 0) is 24.5 Å². The van der Waals surface area contributed by atoms with Crippen molar-refractivity contribution in [3.8, 4) is 11.3 Å². The molecular formula is C14H14BrNOS. The van der Waals surface area contributed by atoms with Crippen molar-refractivity contribution in [3.05, 3.63) is 39.1 Å². The molecule has 0 N–H and O–H groups in total. The predicted molar refractivity (Wildman–Crippen MR) is 77.9 cm³/mol. The first-order valence-corrected chi connectivity index (χ1v) is 7.76. The zero-order chi connectivity index (χ0) is 12.4. The topological polar surface area (TPSA) is 22.1 Å². The fraction of sp³-hybridized carbons (Fsp3) is 0.357. The second-order valence-electron chi connectivity index (χ2n) is 4.57. The van der Waals surface area contributed by atoms with Crippen molar-refractivity contribution in [2.24, 2.45) is 5.92 Å². The monoisotopic (exact) mass is 323 g/mol. The Labute approximate surface area is 119 Å². The average molecular weight is 324 g/mol. The van der Waals surface area contributed by atoms with Gasteiger partial charge in [-0.1, -0.05) is 28.1 Å². The van der Waals surface area contributed by atoms with Gasteiger partial charge in [0, 0.05) is 35.1 Å². The number of ether oxygens (including phenoxy) is 1. The first kappa shape index (κ1) is 12.3. The molecule has 1 aromatic heterocycles. The van der Waals surface area contributed by atoms with Gasteiger partial charge in [-0.2, -0.15) is 0 Å². The van der Waals surface area contributed by atoms with Crippen LogP contribution in [-0.4, -0.2) is 18.2 Å². The standard InChI is InChI=1S/C14H14BrNOS/c15-12-3-1-2-11(7-12)13-9-18-14(16-13)6-10-4-5-17-8-10/h1-3,7,9-10H,4-6,8H2. The lowest BCUT2D eigenvalue weighted by atomic mass is 10.1. The third kappa shape index (κ3) is 2.82. The number of hydrogen-bond acceptors (Lipinski definition) is 3. The Morgan fingerprint density at radius 2 is 2.39 bits per heavy atom. The van der Waals surface area contributed by atoms with Crippen molar-refractivity contribution < 1.29 is 4.74 Å². The van der Waals surface area contributed by atoms with E-state index in [0.29, 0.717) is 5.92 Å². The molecule has 1 atom stereocenters. The van der Waals surface area contributed by atoms with Crippen LogP contribution in [0.5, 0.6) is 0 Å². The second kappa shape index (κ2) is 5.51. The third-order valence-electron chi connectivity index (χ3n) is 3.16. The molecule has 3 rings (SSSR count). The molecule has 0 radical (unpaired) electrons. The van der Waals surface area contributed by atoms with E-state index in [-0.39, 0.29) is 0 Å². The van der Waals surface area contributed by atoms with Crippen LogP contribution in [0.3, 0.4) is 0 Å². The third-order valence-corrected chi connectivity index (χ3v) is 4.52. The first-order chi connectivity index (χ1) is 8.81. The van der Waals surface area contributed by atoms with Crippen LogP contribution in [0.4, 0.5) is 0 Å². The molecular weight excluding hydrogens is 310 g/mol. The molecule has 0 aliphatic carbocycles. The molecule has 0 spiro atoms. The number of rotatable bonds is 3. The quantitative estimate of drug-likeness (QED) is 0.846. The molecule has 1 aliphatic rings. The van der Waals surface area contributed by atoms with Crippen molar-refractivity contribution in [1.82, 2.24) is 4.98 Å². The van der Waals surface area contributed by atoms with Crippen LogP contribution in [0, 0.1) is 5.92 Å². The van der Waals surface area contributed by atoms with Gasteiger partial charge >= 0.3 is 0 Å². The van der Waals surface area contributed by atoms with E-state index in [4.69, 9.17) is 9.72 Å². The van der Waals surface area contributed by atoms with Crippen LogP contribution >= 0.6 is 27.3 Å². The van der Waals surface area contributed by atoms with Crippen molar-refractivity contribution in [1.29, 1.82) is 0 Å². The van der Waals surface area contributed by atoms with Crippen LogP contribution in [0.25, 0.3) is 11.3 Å². The molecule has 2 aromatic rings. The molecule has 2 nitrogen and oxygen atoms in total. The summed E-state index contributed by atoms with van der Waals surface area (Å²) in [6, 6.07) is 8.29. The summed E-state index contributed by atoms with van der Waals surface area (Å²) in [6.45, 7) is 1.81. The minimum atomic E-state index is 0.659. The number of benzene rings is 1. The van der Waals surface area contributed by atoms with Gasteiger partial charge in [0.05, 0.1) is 10.7 Å². The normalized spacial score (nSPS) is 19.3. The number of nitrogens with zero attached hydrogens (tertiary/aromatic N) is 1. The Kier molecular flexibility index (Phi) is 3.77. The molecule has 1 aromatic carbocycles. The summed E-state index contributed by atoms with van der Waals surface area (Å²) in [5.74, 6) is 0.659. The molecule has 1 unspecified atom stereocenters. The molecule has 1 fully saturated rings. The van der Waals surface area contributed by atoms with Crippen molar-refractivity contribution >= 4 is 27.3 Å². The highest BCUT2D eigenvalue weighted by Crippen LogP contribution is 2.27. The highest BCUT2D eigenvalue weighted by Gasteiger charge is 2.17.